The smallest absolute Gasteiger partial charge is 0.315 e. The Labute approximate surface area is 103 Å². The Balaban J connectivity index is 2.43. The largest absolute Gasteiger partial charge is 0.481 e. The van der Waals surface area contributed by atoms with E-state index >= 15 is 0 Å². The second kappa shape index (κ2) is 5.52. The quantitative estimate of drug-likeness (QED) is 0.724. The average molecular weight is 241 g/mol. The van der Waals surface area contributed by atoms with Crippen LogP contribution in [0.15, 0.2) is 0 Å². The van der Waals surface area contributed by atoms with Crippen LogP contribution in [0, 0.1) is 17.3 Å². The molecular formula is C13H23NO3. The number of carboxylic acid groups (broad SMARTS) is 1. The lowest BCUT2D eigenvalue weighted by Gasteiger charge is -2.32. The van der Waals surface area contributed by atoms with Gasteiger partial charge in [-0.05, 0) is 31.1 Å². The molecular weight excluding hydrogens is 218 g/mol. The third-order valence-corrected chi connectivity index (χ3v) is 3.94. The molecule has 1 saturated carbocycles. The van der Waals surface area contributed by atoms with Gasteiger partial charge in [-0.1, -0.05) is 26.7 Å². The predicted octanol–water partition coefficient (Wildman–Crippen LogP) is 2.04. The number of hydrogen-bond donors (Lipinski definition) is 2. The molecule has 0 spiro atoms. The molecule has 4 nitrogen and oxygen atoms in total. The molecule has 4 heteroatoms. The fraction of sp³-hybridized carbons (Fsp3) is 0.846. The van der Waals surface area contributed by atoms with Crippen LogP contribution in [0.4, 0.5) is 0 Å². The first-order chi connectivity index (χ1) is 7.84. The van der Waals surface area contributed by atoms with Gasteiger partial charge in [-0.15, -0.1) is 0 Å². The van der Waals surface area contributed by atoms with Crippen LogP contribution >= 0.6 is 0 Å². The van der Waals surface area contributed by atoms with E-state index < -0.39 is 11.9 Å². The maximum atomic E-state index is 11.6. The molecule has 1 aliphatic rings. The average Bonchev–Trinajstić information content (AvgIpc) is 2.78. The van der Waals surface area contributed by atoms with Gasteiger partial charge in [0.1, 0.15) is 5.92 Å². The highest BCUT2D eigenvalue weighted by molar-refractivity contribution is 5.96. The molecule has 1 aliphatic carbocycles. The molecule has 1 unspecified atom stereocenters. The number of carbonyl (C=O) groups is 2. The van der Waals surface area contributed by atoms with Crippen molar-refractivity contribution in [1.29, 1.82) is 0 Å². The van der Waals surface area contributed by atoms with Crippen molar-refractivity contribution in [3.8, 4) is 0 Å². The molecule has 0 aromatic rings. The van der Waals surface area contributed by atoms with Crippen LogP contribution in [0.5, 0.6) is 0 Å². The van der Waals surface area contributed by atoms with Crippen LogP contribution in [0.1, 0.15) is 46.5 Å². The van der Waals surface area contributed by atoms with Crippen LogP contribution in [0.2, 0.25) is 0 Å². The lowest BCUT2D eigenvalue weighted by molar-refractivity contribution is -0.146. The zero-order chi connectivity index (χ0) is 13.1. The van der Waals surface area contributed by atoms with Crippen LogP contribution in [0.3, 0.4) is 0 Å². The standard InChI is InChI=1S/C13H23NO3/c1-9(12(16)17)11(15)14-8-13(2,3)10-6-4-5-7-10/h9-10H,4-8H2,1-3H3,(H,14,15)(H,16,17). The number of nitrogens with one attached hydrogen (secondary N) is 1. The van der Waals surface area contributed by atoms with Gasteiger partial charge in [0.2, 0.25) is 5.91 Å². The van der Waals surface area contributed by atoms with E-state index in [9.17, 15) is 9.59 Å². The molecule has 0 aromatic heterocycles. The summed E-state index contributed by atoms with van der Waals surface area (Å²) in [4.78, 5) is 22.2. The summed E-state index contributed by atoms with van der Waals surface area (Å²) in [7, 11) is 0. The second-order valence-electron chi connectivity index (χ2n) is 5.75. The summed E-state index contributed by atoms with van der Waals surface area (Å²) in [6.45, 7) is 6.28. The van der Waals surface area contributed by atoms with Crippen molar-refractivity contribution in [3.63, 3.8) is 0 Å². The van der Waals surface area contributed by atoms with Gasteiger partial charge < -0.3 is 10.4 Å². The molecule has 0 aromatic carbocycles. The van der Waals surface area contributed by atoms with E-state index in [2.05, 4.69) is 19.2 Å². The molecule has 0 heterocycles. The minimum atomic E-state index is -1.07. The first-order valence-corrected chi connectivity index (χ1v) is 6.35. The van der Waals surface area contributed by atoms with Crippen LogP contribution in [0.25, 0.3) is 0 Å². The van der Waals surface area contributed by atoms with E-state index in [1.165, 1.54) is 32.6 Å². The van der Waals surface area contributed by atoms with E-state index in [0.717, 1.165) is 0 Å². The van der Waals surface area contributed by atoms with Crippen molar-refractivity contribution >= 4 is 11.9 Å². The minimum absolute atomic E-state index is 0.0599. The molecule has 0 radical (unpaired) electrons. The lowest BCUT2D eigenvalue weighted by atomic mass is 9.77. The van der Waals surface area contributed by atoms with E-state index in [4.69, 9.17) is 5.11 Å². The molecule has 0 aliphatic heterocycles. The van der Waals surface area contributed by atoms with Crippen molar-refractivity contribution in [2.75, 3.05) is 6.54 Å². The Morgan fingerprint density at radius 2 is 1.88 bits per heavy atom. The van der Waals surface area contributed by atoms with Gasteiger partial charge in [-0.2, -0.15) is 0 Å². The van der Waals surface area contributed by atoms with E-state index in [-0.39, 0.29) is 11.3 Å². The maximum Gasteiger partial charge on any atom is 0.315 e. The van der Waals surface area contributed by atoms with Crippen molar-refractivity contribution in [1.82, 2.24) is 5.32 Å². The van der Waals surface area contributed by atoms with Crippen LogP contribution < -0.4 is 5.32 Å². The van der Waals surface area contributed by atoms with Crippen molar-refractivity contribution in [2.24, 2.45) is 17.3 Å². The second-order valence-corrected chi connectivity index (χ2v) is 5.75. The Morgan fingerprint density at radius 1 is 1.35 bits per heavy atom. The third kappa shape index (κ3) is 3.72. The highest BCUT2D eigenvalue weighted by atomic mass is 16.4. The molecule has 0 saturated heterocycles. The molecule has 1 fully saturated rings. The molecule has 0 bridgehead atoms. The summed E-state index contributed by atoms with van der Waals surface area (Å²) in [6, 6.07) is 0. The monoisotopic (exact) mass is 241 g/mol. The van der Waals surface area contributed by atoms with Gasteiger partial charge in [-0.3, -0.25) is 9.59 Å². The van der Waals surface area contributed by atoms with Gasteiger partial charge in [-0.25, -0.2) is 0 Å². The Bertz CT molecular complexity index is 293. The van der Waals surface area contributed by atoms with Gasteiger partial charge in [0, 0.05) is 6.54 Å². The zero-order valence-electron chi connectivity index (χ0n) is 11.0. The molecule has 2 N–H and O–H groups in total. The number of carboxylic acids is 1. The van der Waals surface area contributed by atoms with E-state index in [1.54, 1.807) is 0 Å². The normalized spacial score (nSPS) is 19.0. The van der Waals surface area contributed by atoms with Crippen molar-refractivity contribution in [2.45, 2.75) is 46.5 Å². The summed E-state index contributed by atoms with van der Waals surface area (Å²) in [5.41, 5.74) is 0.0599. The van der Waals surface area contributed by atoms with Gasteiger partial charge in [0.05, 0.1) is 0 Å². The lowest BCUT2D eigenvalue weighted by Crippen LogP contribution is -2.41. The van der Waals surface area contributed by atoms with E-state index in [1.807, 2.05) is 0 Å². The van der Waals surface area contributed by atoms with Crippen molar-refractivity contribution in [3.05, 3.63) is 0 Å². The summed E-state index contributed by atoms with van der Waals surface area (Å²) < 4.78 is 0. The first-order valence-electron chi connectivity index (χ1n) is 6.35. The number of amides is 1. The first kappa shape index (κ1) is 14.0. The minimum Gasteiger partial charge on any atom is -0.481 e. The fourth-order valence-corrected chi connectivity index (χ4v) is 2.43. The number of rotatable bonds is 5. The molecule has 1 atom stereocenters. The molecule has 1 rings (SSSR count). The zero-order valence-corrected chi connectivity index (χ0v) is 11.0. The Morgan fingerprint density at radius 3 is 2.35 bits per heavy atom. The highest BCUT2D eigenvalue weighted by Crippen LogP contribution is 2.38. The third-order valence-electron chi connectivity index (χ3n) is 3.94. The number of aliphatic carboxylic acids is 1. The topological polar surface area (TPSA) is 66.4 Å². The summed E-state index contributed by atoms with van der Waals surface area (Å²) in [5, 5.41) is 11.5. The van der Waals surface area contributed by atoms with Crippen molar-refractivity contribution < 1.29 is 14.7 Å². The summed E-state index contributed by atoms with van der Waals surface area (Å²) >= 11 is 0. The predicted molar refractivity (Wildman–Crippen MR) is 65.5 cm³/mol. The van der Waals surface area contributed by atoms with Gasteiger partial charge in [0.25, 0.3) is 0 Å². The highest BCUT2D eigenvalue weighted by Gasteiger charge is 2.32. The number of carbonyl (C=O) groups excluding carboxylic acids is 1. The fourth-order valence-electron chi connectivity index (χ4n) is 2.43. The van der Waals surface area contributed by atoms with Crippen LogP contribution in [-0.4, -0.2) is 23.5 Å². The van der Waals surface area contributed by atoms with Crippen LogP contribution in [-0.2, 0) is 9.59 Å². The Hall–Kier alpha value is -1.06. The molecule has 1 amide bonds. The molecule has 98 valence electrons. The Kier molecular flexibility index (Phi) is 4.54. The van der Waals surface area contributed by atoms with Gasteiger partial charge >= 0.3 is 5.97 Å². The number of hydrogen-bond acceptors (Lipinski definition) is 2. The molecule has 17 heavy (non-hydrogen) atoms. The summed E-state index contributed by atoms with van der Waals surface area (Å²) in [5.74, 6) is -1.78. The SMILES string of the molecule is CC(C(=O)O)C(=O)NCC(C)(C)C1CCCC1. The summed E-state index contributed by atoms with van der Waals surface area (Å²) in [6.07, 6.45) is 4.98. The van der Waals surface area contributed by atoms with Gasteiger partial charge in [0.15, 0.2) is 0 Å². The van der Waals surface area contributed by atoms with E-state index in [0.29, 0.717) is 12.5 Å². The maximum absolute atomic E-state index is 11.6.